The smallest absolute Gasteiger partial charge is 0.308 e. The largest absolute Gasteiger partial charge is 0.486 e. The number of thiazole rings is 1. The summed E-state index contributed by atoms with van der Waals surface area (Å²) in [7, 11) is -3.73. The molecule has 1 atom stereocenters. The molecule has 9 heteroatoms. The fourth-order valence-electron chi connectivity index (χ4n) is 2.96. The summed E-state index contributed by atoms with van der Waals surface area (Å²) < 4.78 is 41.5. The number of rotatable bonds is 5. The molecule has 0 radical (unpaired) electrons. The summed E-state index contributed by atoms with van der Waals surface area (Å²) in [5.41, 5.74) is 0.743. The minimum Gasteiger partial charge on any atom is -0.486 e. The SMILES string of the molecule is CCn1c(=O)sc2cc(S(=O)(=O)NC[C@@H]3COc4ccccc4O3)ccc21. The Kier molecular flexibility index (Phi) is 4.67. The van der Waals surface area contributed by atoms with E-state index in [0.29, 0.717) is 22.7 Å². The van der Waals surface area contributed by atoms with Crippen molar-refractivity contribution in [1.82, 2.24) is 9.29 Å². The fourth-order valence-corrected chi connectivity index (χ4v) is 5.12. The van der Waals surface area contributed by atoms with E-state index in [-0.39, 0.29) is 22.9 Å². The van der Waals surface area contributed by atoms with Crippen molar-refractivity contribution in [3.8, 4) is 11.5 Å². The minimum atomic E-state index is -3.73. The number of hydrogen-bond acceptors (Lipinski definition) is 6. The fraction of sp³-hybridized carbons (Fsp3) is 0.278. The lowest BCUT2D eigenvalue weighted by Crippen LogP contribution is -2.40. The molecule has 0 fully saturated rings. The first kappa shape index (κ1) is 18.0. The van der Waals surface area contributed by atoms with E-state index in [0.717, 1.165) is 16.9 Å². The van der Waals surface area contributed by atoms with Crippen LogP contribution < -0.4 is 19.1 Å². The Hall–Kier alpha value is -2.36. The van der Waals surface area contributed by atoms with Gasteiger partial charge in [-0.1, -0.05) is 23.5 Å². The molecule has 1 N–H and O–H groups in total. The van der Waals surface area contributed by atoms with E-state index in [9.17, 15) is 13.2 Å². The Morgan fingerprint density at radius 1 is 1.22 bits per heavy atom. The summed E-state index contributed by atoms with van der Waals surface area (Å²) >= 11 is 1.04. The van der Waals surface area contributed by atoms with Crippen LogP contribution in [0.4, 0.5) is 0 Å². The van der Waals surface area contributed by atoms with Crippen molar-refractivity contribution in [3.05, 3.63) is 52.1 Å². The molecule has 2 heterocycles. The predicted molar refractivity (Wildman–Crippen MR) is 103 cm³/mol. The molecule has 1 aliphatic rings. The highest BCUT2D eigenvalue weighted by Crippen LogP contribution is 2.30. The number of nitrogens with one attached hydrogen (secondary N) is 1. The monoisotopic (exact) mass is 406 g/mol. The van der Waals surface area contributed by atoms with Gasteiger partial charge in [-0.15, -0.1) is 0 Å². The summed E-state index contributed by atoms with van der Waals surface area (Å²) in [5, 5.41) is 0. The minimum absolute atomic E-state index is 0.0842. The Morgan fingerprint density at radius 2 is 2.00 bits per heavy atom. The molecule has 0 aliphatic carbocycles. The molecule has 4 rings (SSSR count). The normalized spacial score (nSPS) is 16.6. The van der Waals surface area contributed by atoms with Crippen LogP contribution in [0.25, 0.3) is 10.2 Å². The number of benzene rings is 2. The standard InChI is InChI=1S/C18H18N2O5S2/c1-2-20-14-8-7-13(9-17(14)26-18(20)21)27(22,23)19-10-12-11-24-15-5-3-4-6-16(15)25-12/h3-9,12,19H,2,10-11H2,1H3/t12-/m1/s1. The molecule has 0 amide bonds. The first-order valence-electron chi connectivity index (χ1n) is 8.49. The Bertz CT molecular complexity index is 1150. The lowest BCUT2D eigenvalue weighted by atomic mass is 10.2. The van der Waals surface area contributed by atoms with E-state index < -0.39 is 16.1 Å². The van der Waals surface area contributed by atoms with Gasteiger partial charge < -0.3 is 9.47 Å². The van der Waals surface area contributed by atoms with Gasteiger partial charge in [-0.05, 0) is 37.3 Å². The van der Waals surface area contributed by atoms with Crippen molar-refractivity contribution in [1.29, 1.82) is 0 Å². The molecule has 0 bridgehead atoms. The number of nitrogens with zero attached hydrogens (tertiary/aromatic N) is 1. The molecule has 0 spiro atoms. The molecule has 7 nitrogen and oxygen atoms in total. The van der Waals surface area contributed by atoms with Crippen LogP contribution >= 0.6 is 11.3 Å². The summed E-state index contributed by atoms with van der Waals surface area (Å²) in [6.45, 7) is 2.77. The zero-order valence-corrected chi connectivity index (χ0v) is 16.2. The molecule has 3 aromatic rings. The quantitative estimate of drug-likeness (QED) is 0.702. The second kappa shape index (κ2) is 6.99. The molecule has 0 unspecified atom stereocenters. The molecule has 0 saturated heterocycles. The molecule has 1 aromatic heterocycles. The van der Waals surface area contributed by atoms with Gasteiger partial charge in [-0.25, -0.2) is 13.1 Å². The number of ether oxygens (including phenoxy) is 2. The van der Waals surface area contributed by atoms with Crippen molar-refractivity contribution < 1.29 is 17.9 Å². The zero-order chi connectivity index (χ0) is 19.0. The molecule has 0 saturated carbocycles. The number of aryl methyl sites for hydroxylation is 1. The summed E-state index contributed by atoms with van der Waals surface area (Å²) in [6, 6.07) is 12.0. The van der Waals surface area contributed by atoms with Crippen LogP contribution in [0.2, 0.25) is 0 Å². The van der Waals surface area contributed by atoms with Crippen molar-refractivity contribution in [2.75, 3.05) is 13.2 Å². The second-order valence-electron chi connectivity index (χ2n) is 6.09. The third kappa shape index (κ3) is 3.45. The average molecular weight is 406 g/mol. The third-order valence-corrected chi connectivity index (χ3v) is 6.70. The van der Waals surface area contributed by atoms with Crippen LogP contribution in [0.3, 0.4) is 0 Å². The Labute approximate surface area is 160 Å². The molecule has 2 aromatic carbocycles. The van der Waals surface area contributed by atoms with Gasteiger partial charge in [0.05, 0.1) is 21.7 Å². The second-order valence-corrected chi connectivity index (χ2v) is 8.85. The van der Waals surface area contributed by atoms with Crippen LogP contribution in [0, 0.1) is 0 Å². The van der Waals surface area contributed by atoms with Crippen LogP contribution in [0.1, 0.15) is 6.92 Å². The van der Waals surface area contributed by atoms with Gasteiger partial charge in [0.15, 0.2) is 11.5 Å². The highest BCUT2D eigenvalue weighted by atomic mass is 32.2. The van der Waals surface area contributed by atoms with Gasteiger partial charge >= 0.3 is 4.87 Å². The molecule has 27 heavy (non-hydrogen) atoms. The zero-order valence-electron chi connectivity index (χ0n) is 14.5. The van der Waals surface area contributed by atoms with E-state index in [1.165, 1.54) is 12.1 Å². The van der Waals surface area contributed by atoms with Crippen LogP contribution in [-0.4, -0.2) is 32.2 Å². The summed E-state index contributed by atoms with van der Waals surface area (Å²) in [4.78, 5) is 12.0. The molecule has 1 aliphatic heterocycles. The third-order valence-electron chi connectivity index (χ3n) is 4.33. The summed E-state index contributed by atoms with van der Waals surface area (Å²) in [6.07, 6.45) is -0.421. The van der Waals surface area contributed by atoms with E-state index in [1.807, 2.05) is 19.1 Å². The van der Waals surface area contributed by atoms with E-state index in [2.05, 4.69) is 4.72 Å². The first-order valence-corrected chi connectivity index (χ1v) is 10.8. The van der Waals surface area contributed by atoms with Gasteiger partial charge in [0.25, 0.3) is 0 Å². The average Bonchev–Trinajstić information content (AvgIpc) is 3.00. The molecular weight excluding hydrogens is 388 g/mol. The van der Waals surface area contributed by atoms with Crippen molar-refractivity contribution in [2.45, 2.75) is 24.5 Å². The van der Waals surface area contributed by atoms with E-state index in [4.69, 9.17) is 9.47 Å². The lowest BCUT2D eigenvalue weighted by molar-refractivity contribution is 0.0943. The van der Waals surface area contributed by atoms with Crippen molar-refractivity contribution in [3.63, 3.8) is 0 Å². The van der Waals surface area contributed by atoms with Crippen LogP contribution in [0.15, 0.2) is 52.2 Å². The highest BCUT2D eigenvalue weighted by Gasteiger charge is 2.24. The topological polar surface area (TPSA) is 86.6 Å². The maximum atomic E-state index is 12.6. The van der Waals surface area contributed by atoms with Gasteiger partial charge in [0.2, 0.25) is 10.0 Å². The van der Waals surface area contributed by atoms with Gasteiger partial charge in [-0.2, -0.15) is 0 Å². The van der Waals surface area contributed by atoms with Gasteiger partial charge in [0, 0.05) is 6.54 Å². The predicted octanol–water partition coefficient (Wildman–Crippen LogP) is 2.20. The molecule has 142 valence electrons. The van der Waals surface area contributed by atoms with Gasteiger partial charge in [-0.3, -0.25) is 9.36 Å². The van der Waals surface area contributed by atoms with Crippen molar-refractivity contribution >= 4 is 31.6 Å². The number of para-hydroxylation sites is 2. The van der Waals surface area contributed by atoms with Crippen LogP contribution in [-0.2, 0) is 16.6 Å². The maximum absolute atomic E-state index is 12.6. The first-order chi connectivity index (χ1) is 13.0. The Balaban J connectivity index is 1.51. The lowest BCUT2D eigenvalue weighted by Gasteiger charge is -2.26. The van der Waals surface area contributed by atoms with E-state index >= 15 is 0 Å². The Morgan fingerprint density at radius 3 is 2.78 bits per heavy atom. The summed E-state index contributed by atoms with van der Waals surface area (Å²) in [5.74, 6) is 1.25. The molecular formula is C18H18N2O5S2. The van der Waals surface area contributed by atoms with E-state index in [1.54, 1.807) is 22.8 Å². The number of aromatic nitrogens is 1. The van der Waals surface area contributed by atoms with Crippen LogP contribution in [0.5, 0.6) is 11.5 Å². The number of hydrogen-bond donors (Lipinski definition) is 1. The van der Waals surface area contributed by atoms with Crippen molar-refractivity contribution in [2.24, 2.45) is 0 Å². The van der Waals surface area contributed by atoms with Gasteiger partial charge in [0.1, 0.15) is 12.7 Å². The number of sulfonamides is 1. The number of fused-ring (bicyclic) bond motifs is 2. The highest BCUT2D eigenvalue weighted by molar-refractivity contribution is 7.89. The maximum Gasteiger partial charge on any atom is 0.308 e.